The Morgan fingerprint density at radius 3 is 2.41 bits per heavy atom. The number of anilines is 2. The van der Waals surface area contributed by atoms with Gasteiger partial charge in [0.25, 0.3) is 0 Å². The molecule has 152 valence electrons. The Labute approximate surface area is 170 Å². The topological polar surface area (TPSA) is 52.7 Å². The highest BCUT2D eigenvalue weighted by Crippen LogP contribution is 2.41. The lowest BCUT2D eigenvalue weighted by Gasteiger charge is -2.36. The van der Waals surface area contributed by atoms with Crippen LogP contribution < -0.4 is 10.2 Å². The molecule has 2 amide bonds. The van der Waals surface area contributed by atoms with Crippen LogP contribution in [-0.2, 0) is 16.0 Å². The van der Waals surface area contributed by atoms with Crippen LogP contribution in [0.1, 0.15) is 18.9 Å². The van der Waals surface area contributed by atoms with Gasteiger partial charge in [-0.15, -0.1) is 0 Å². The minimum atomic E-state index is -0.253. The van der Waals surface area contributed by atoms with E-state index in [-0.39, 0.29) is 29.5 Å². The van der Waals surface area contributed by atoms with E-state index in [1.807, 2.05) is 40.1 Å². The standard InChI is InChI=1S/C23H26FN3O2/c1-2-16-7-3-5-9-20(16)25-22(28)17-15-18(17)23(29)27-13-11-26(12-14-27)21-10-6-4-8-19(21)24/h3-10,17-18H,2,11-15H2,1H3,(H,25,28). The first-order valence-electron chi connectivity index (χ1n) is 10.3. The van der Waals surface area contributed by atoms with Crippen molar-refractivity contribution in [2.24, 2.45) is 11.8 Å². The smallest absolute Gasteiger partial charge is 0.228 e. The number of nitrogens with zero attached hydrogens (tertiary/aromatic N) is 2. The maximum absolute atomic E-state index is 14.0. The minimum Gasteiger partial charge on any atom is -0.366 e. The molecule has 2 aromatic carbocycles. The van der Waals surface area contributed by atoms with Gasteiger partial charge in [-0.05, 0) is 36.6 Å². The van der Waals surface area contributed by atoms with E-state index in [1.54, 1.807) is 12.1 Å². The van der Waals surface area contributed by atoms with Gasteiger partial charge in [0.05, 0.1) is 17.5 Å². The van der Waals surface area contributed by atoms with Crippen LogP contribution >= 0.6 is 0 Å². The van der Waals surface area contributed by atoms with Crippen LogP contribution in [-0.4, -0.2) is 42.9 Å². The summed E-state index contributed by atoms with van der Waals surface area (Å²) < 4.78 is 14.0. The number of halogens is 1. The van der Waals surface area contributed by atoms with Crippen molar-refractivity contribution < 1.29 is 14.0 Å². The van der Waals surface area contributed by atoms with Gasteiger partial charge in [0.15, 0.2) is 0 Å². The predicted octanol–water partition coefficient (Wildman–Crippen LogP) is 3.31. The summed E-state index contributed by atoms with van der Waals surface area (Å²) in [5, 5.41) is 2.99. The molecule has 1 heterocycles. The van der Waals surface area contributed by atoms with Gasteiger partial charge in [-0.2, -0.15) is 0 Å². The molecule has 4 rings (SSSR count). The number of benzene rings is 2. The summed E-state index contributed by atoms with van der Waals surface area (Å²) in [7, 11) is 0. The fraction of sp³-hybridized carbons (Fsp3) is 0.391. The lowest BCUT2D eigenvalue weighted by Crippen LogP contribution is -2.49. The number of amides is 2. The second-order valence-electron chi connectivity index (χ2n) is 7.71. The second-order valence-corrected chi connectivity index (χ2v) is 7.71. The third kappa shape index (κ3) is 4.11. The summed E-state index contributed by atoms with van der Waals surface area (Å²) in [6.07, 6.45) is 1.45. The molecule has 1 saturated heterocycles. The molecule has 2 unspecified atom stereocenters. The van der Waals surface area contributed by atoms with Gasteiger partial charge in [0.1, 0.15) is 5.82 Å². The Kier molecular flexibility index (Phi) is 5.51. The number of nitrogens with one attached hydrogen (secondary N) is 1. The first-order valence-corrected chi connectivity index (χ1v) is 10.3. The molecule has 1 aliphatic heterocycles. The summed E-state index contributed by atoms with van der Waals surface area (Å²) in [4.78, 5) is 29.2. The molecule has 2 aliphatic rings. The molecule has 29 heavy (non-hydrogen) atoms. The van der Waals surface area contributed by atoms with Crippen molar-refractivity contribution >= 4 is 23.2 Å². The Bertz CT molecular complexity index is 909. The number of carbonyl (C=O) groups excluding carboxylic acids is 2. The number of hydrogen-bond acceptors (Lipinski definition) is 3. The maximum Gasteiger partial charge on any atom is 0.228 e. The molecule has 0 spiro atoms. The number of para-hydroxylation sites is 2. The van der Waals surface area contributed by atoms with Crippen molar-refractivity contribution in [3.63, 3.8) is 0 Å². The van der Waals surface area contributed by atoms with E-state index in [4.69, 9.17) is 0 Å². The van der Waals surface area contributed by atoms with Gasteiger partial charge < -0.3 is 15.1 Å². The van der Waals surface area contributed by atoms with Crippen LogP contribution in [0.4, 0.5) is 15.8 Å². The Morgan fingerprint density at radius 2 is 1.69 bits per heavy atom. The molecule has 1 aliphatic carbocycles. The molecule has 0 bridgehead atoms. The molecule has 2 fully saturated rings. The minimum absolute atomic E-state index is 0.0436. The third-order valence-corrected chi connectivity index (χ3v) is 5.89. The van der Waals surface area contributed by atoms with Crippen LogP contribution in [0, 0.1) is 17.7 Å². The molecular weight excluding hydrogens is 369 g/mol. The van der Waals surface area contributed by atoms with Gasteiger partial charge in [-0.3, -0.25) is 9.59 Å². The van der Waals surface area contributed by atoms with Crippen molar-refractivity contribution in [1.29, 1.82) is 0 Å². The lowest BCUT2D eigenvalue weighted by atomic mass is 10.1. The van der Waals surface area contributed by atoms with Gasteiger partial charge in [0, 0.05) is 31.9 Å². The number of carbonyl (C=O) groups is 2. The number of rotatable bonds is 5. The lowest BCUT2D eigenvalue weighted by molar-refractivity contribution is -0.134. The molecule has 1 N–H and O–H groups in total. The Hall–Kier alpha value is -2.89. The predicted molar refractivity (Wildman–Crippen MR) is 111 cm³/mol. The summed E-state index contributed by atoms with van der Waals surface area (Å²) in [6, 6.07) is 14.5. The van der Waals surface area contributed by atoms with E-state index in [9.17, 15) is 14.0 Å². The van der Waals surface area contributed by atoms with Gasteiger partial charge >= 0.3 is 0 Å². The van der Waals surface area contributed by atoms with Crippen LogP contribution in [0.25, 0.3) is 0 Å². The van der Waals surface area contributed by atoms with Crippen molar-refractivity contribution in [3.8, 4) is 0 Å². The third-order valence-electron chi connectivity index (χ3n) is 5.89. The van der Waals surface area contributed by atoms with E-state index < -0.39 is 0 Å². The normalized spacial score (nSPS) is 21.0. The molecular formula is C23H26FN3O2. The molecule has 0 radical (unpaired) electrons. The van der Waals surface area contributed by atoms with Crippen molar-refractivity contribution in [2.45, 2.75) is 19.8 Å². The monoisotopic (exact) mass is 395 g/mol. The summed E-state index contributed by atoms with van der Waals surface area (Å²) >= 11 is 0. The van der Waals surface area contributed by atoms with E-state index in [2.05, 4.69) is 12.2 Å². The highest BCUT2D eigenvalue weighted by atomic mass is 19.1. The highest BCUT2D eigenvalue weighted by molar-refractivity contribution is 6.00. The fourth-order valence-electron chi connectivity index (χ4n) is 4.04. The average Bonchev–Trinajstić information content (AvgIpc) is 3.55. The molecule has 1 saturated carbocycles. The molecule has 2 aromatic rings. The molecule has 5 nitrogen and oxygen atoms in total. The van der Waals surface area contributed by atoms with Gasteiger partial charge in [-0.25, -0.2) is 4.39 Å². The molecule has 2 atom stereocenters. The first-order chi connectivity index (χ1) is 14.1. The van der Waals surface area contributed by atoms with Crippen molar-refractivity contribution in [1.82, 2.24) is 4.90 Å². The van der Waals surface area contributed by atoms with Crippen molar-refractivity contribution in [2.75, 3.05) is 36.4 Å². The zero-order chi connectivity index (χ0) is 20.4. The highest BCUT2D eigenvalue weighted by Gasteiger charge is 2.49. The zero-order valence-corrected chi connectivity index (χ0v) is 16.6. The van der Waals surface area contributed by atoms with Crippen LogP contribution in [0.2, 0.25) is 0 Å². The summed E-state index contributed by atoms with van der Waals surface area (Å²) in [6.45, 7) is 4.35. The van der Waals surface area contributed by atoms with E-state index >= 15 is 0 Å². The average molecular weight is 395 g/mol. The van der Waals surface area contributed by atoms with E-state index in [0.29, 0.717) is 38.3 Å². The quantitative estimate of drug-likeness (QED) is 0.845. The van der Waals surface area contributed by atoms with Crippen molar-refractivity contribution in [3.05, 3.63) is 59.9 Å². The second kappa shape index (κ2) is 8.23. The van der Waals surface area contributed by atoms with Crippen LogP contribution in [0.3, 0.4) is 0 Å². The van der Waals surface area contributed by atoms with E-state index in [0.717, 1.165) is 17.7 Å². The SMILES string of the molecule is CCc1ccccc1NC(=O)C1CC1C(=O)N1CCN(c2ccccc2F)CC1. The largest absolute Gasteiger partial charge is 0.366 e. The van der Waals surface area contributed by atoms with Crippen LogP contribution in [0.15, 0.2) is 48.5 Å². The van der Waals surface area contributed by atoms with Gasteiger partial charge in [0.2, 0.25) is 11.8 Å². The first kappa shape index (κ1) is 19.4. The van der Waals surface area contributed by atoms with Crippen LogP contribution in [0.5, 0.6) is 0 Å². The zero-order valence-electron chi connectivity index (χ0n) is 16.6. The number of aryl methyl sites for hydroxylation is 1. The van der Waals surface area contributed by atoms with Gasteiger partial charge in [-0.1, -0.05) is 37.3 Å². The maximum atomic E-state index is 14.0. The summed E-state index contributed by atoms with van der Waals surface area (Å²) in [5.41, 5.74) is 2.50. The number of hydrogen-bond donors (Lipinski definition) is 1. The summed E-state index contributed by atoms with van der Waals surface area (Å²) in [5.74, 6) is -0.754. The Balaban J connectivity index is 1.30. The van der Waals surface area contributed by atoms with E-state index in [1.165, 1.54) is 6.07 Å². The molecule has 0 aromatic heterocycles. The number of piperazine rings is 1. The Morgan fingerprint density at radius 1 is 1.00 bits per heavy atom. The fourth-order valence-corrected chi connectivity index (χ4v) is 4.04. The molecule has 6 heteroatoms.